The highest BCUT2D eigenvalue weighted by Gasteiger charge is 2.44. The Hall–Kier alpha value is -1.45. The van der Waals surface area contributed by atoms with Crippen molar-refractivity contribution in [1.29, 1.82) is 0 Å². The van der Waals surface area contributed by atoms with Gasteiger partial charge < -0.3 is 4.43 Å². The number of hydrogen-bond acceptors (Lipinski definition) is 2. The van der Waals surface area contributed by atoms with Crippen LogP contribution < -0.4 is 0 Å². The monoisotopic (exact) mass is 396 g/mol. The second kappa shape index (κ2) is 8.50. The molecule has 0 spiro atoms. The van der Waals surface area contributed by atoms with Crippen molar-refractivity contribution in [2.75, 3.05) is 6.61 Å². The minimum Gasteiger partial charge on any atom is -0.416 e. The van der Waals surface area contributed by atoms with E-state index in [0.29, 0.717) is 28.8 Å². The second-order valence-corrected chi connectivity index (χ2v) is 14.8. The van der Waals surface area contributed by atoms with Crippen molar-refractivity contribution in [3.63, 3.8) is 0 Å². The number of carbonyl (C=O) groups is 1. The Kier molecular flexibility index (Phi) is 6.46. The van der Waals surface area contributed by atoms with Crippen molar-refractivity contribution in [1.82, 2.24) is 0 Å². The first-order valence-electron chi connectivity index (χ1n) is 11.0. The van der Waals surface area contributed by atoms with Gasteiger partial charge in [0, 0.05) is 18.6 Å². The predicted octanol–water partition coefficient (Wildman–Crippen LogP) is 7.09. The summed E-state index contributed by atoms with van der Waals surface area (Å²) in [4.78, 5) is 12.7. The summed E-state index contributed by atoms with van der Waals surface area (Å²) in [5.74, 6) is 0.315. The molecule has 1 aliphatic rings. The fourth-order valence-corrected chi connectivity index (χ4v) is 11.1. The summed E-state index contributed by atoms with van der Waals surface area (Å²) < 4.78 is 6.80. The molecular weight excluding hydrogens is 360 g/mol. The molecule has 0 saturated heterocycles. The van der Waals surface area contributed by atoms with Gasteiger partial charge in [0.05, 0.1) is 0 Å². The van der Waals surface area contributed by atoms with Crippen molar-refractivity contribution in [3.8, 4) is 0 Å². The molecule has 2 nitrogen and oxygen atoms in total. The third kappa shape index (κ3) is 3.71. The van der Waals surface area contributed by atoms with Gasteiger partial charge >= 0.3 is 0 Å². The van der Waals surface area contributed by atoms with Crippen LogP contribution in [0.3, 0.4) is 0 Å². The van der Waals surface area contributed by atoms with E-state index in [0.717, 1.165) is 36.8 Å². The molecule has 0 fully saturated rings. The molecule has 0 bridgehead atoms. The highest BCUT2D eigenvalue weighted by atomic mass is 28.4. The van der Waals surface area contributed by atoms with Crippen LogP contribution in [0.15, 0.2) is 30.3 Å². The highest BCUT2D eigenvalue weighted by molar-refractivity contribution is 6.77. The Morgan fingerprint density at radius 1 is 0.964 bits per heavy atom. The molecule has 2 aromatic rings. The lowest BCUT2D eigenvalue weighted by molar-refractivity contribution is 0.0974. The molecular formula is C25H36O2Si. The fourth-order valence-electron chi connectivity index (χ4n) is 5.66. The maximum Gasteiger partial charge on any atom is 0.200 e. The molecule has 0 aliphatic heterocycles. The molecule has 0 heterocycles. The summed E-state index contributed by atoms with van der Waals surface area (Å²) >= 11 is 0. The summed E-state index contributed by atoms with van der Waals surface area (Å²) in [6, 6.07) is 10.7. The van der Waals surface area contributed by atoms with Crippen molar-refractivity contribution in [2.24, 2.45) is 0 Å². The van der Waals surface area contributed by atoms with Gasteiger partial charge in [-0.25, -0.2) is 0 Å². The van der Waals surface area contributed by atoms with Crippen molar-refractivity contribution < 1.29 is 9.22 Å². The normalized spacial score (nSPS) is 15.1. The average Bonchev–Trinajstić information content (AvgIpc) is 2.64. The maximum atomic E-state index is 12.7. The Morgan fingerprint density at radius 2 is 1.61 bits per heavy atom. The van der Waals surface area contributed by atoms with Crippen LogP contribution in [-0.2, 0) is 17.3 Å². The molecule has 0 N–H and O–H groups in total. The highest BCUT2D eigenvalue weighted by Crippen LogP contribution is 2.42. The zero-order valence-electron chi connectivity index (χ0n) is 18.5. The van der Waals surface area contributed by atoms with E-state index in [1.165, 1.54) is 16.5 Å². The lowest BCUT2D eigenvalue weighted by atomic mass is 9.83. The summed E-state index contributed by atoms with van der Waals surface area (Å²) in [6.07, 6.45) is 3.57. The van der Waals surface area contributed by atoms with Crippen molar-refractivity contribution in [2.45, 2.75) is 83.8 Å². The van der Waals surface area contributed by atoms with Gasteiger partial charge in [0.2, 0.25) is 0 Å². The standard InChI is InChI=1S/C25H36O2Si/c1-17(2)28(18(3)4,19(5)6)27-15-14-21-16-20-10-7-8-11-22(20)25-23(21)12-9-13-24(25)26/h7-8,10-11,16-19H,9,12-15H2,1-6H3. The van der Waals surface area contributed by atoms with E-state index < -0.39 is 8.32 Å². The van der Waals surface area contributed by atoms with E-state index in [4.69, 9.17) is 4.43 Å². The zero-order chi connectivity index (χ0) is 20.5. The van der Waals surface area contributed by atoms with Crippen LogP contribution in [0, 0.1) is 0 Å². The molecule has 3 heteroatoms. The van der Waals surface area contributed by atoms with E-state index in [9.17, 15) is 4.79 Å². The van der Waals surface area contributed by atoms with Gasteiger partial charge in [0.1, 0.15) is 0 Å². The summed E-state index contributed by atoms with van der Waals surface area (Å²) in [5.41, 5.74) is 5.38. The van der Waals surface area contributed by atoms with E-state index in [1.54, 1.807) is 0 Å². The SMILES string of the molecule is CC(C)[Si](OCCc1cc2ccccc2c2c1CCCC2=O)(C(C)C)C(C)C. The van der Waals surface area contributed by atoms with E-state index in [-0.39, 0.29) is 0 Å². The van der Waals surface area contributed by atoms with Crippen LogP contribution in [0.2, 0.25) is 16.6 Å². The van der Waals surface area contributed by atoms with Gasteiger partial charge in [-0.2, -0.15) is 0 Å². The largest absolute Gasteiger partial charge is 0.416 e. The van der Waals surface area contributed by atoms with Crippen LogP contribution >= 0.6 is 0 Å². The number of Topliss-reactive ketones (excluding diaryl/α,β-unsaturated/α-hetero) is 1. The molecule has 0 amide bonds. The number of rotatable bonds is 7. The molecule has 28 heavy (non-hydrogen) atoms. The van der Waals surface area contributed by atoms with Gasteiger partial charge in [-0.05, 0) is 57.8 Å². The van der Waals surface area contributed by atoms with Gasteiger partial charge in [-0.15, -0.1) is 0 Å². The summed E-state index contributed by atoms with van der Waals surface area (Å²) in [6.45, 7) is 14.8. The maximum absolute atomic E-state index is 12.7. The van der Waals surface area contributed by atoms with Crippen molar-refractivity contribution >= 4 is 24.9 Å². The first-order valence-corrected chi connectivity index (χ1v) is 13.1. The third-order valence-electron chi connectivity index (χ3n) is 6.79. The van der Waals surface area contributed by atoms with Crippen molar-refractivity contribution in [3.05, 3.63) is 47.0 Å². The van der Waals surface area contributed by atoms with E-state index in [1.807, 2.05) is 6.07 Å². The minimum absolute atomic E-state index is 0.315. The molecule has 2 aromatic carbocycles. The molecule has 152 valence electrons. The molecule has 3 rings (SSSR count). The van der Waals surface area contributed by atoms with Crippen LogP contribution in [0.25, 0.3) is 10.8 Å². The Bertz CT molecular complexity index is 829. The summed E-state index contributed by atoms with van der Waals surface area (Å²) in [5, 5.41) is 2.31. The smallest absolute Gasteiger partial charge is 0.200 e. The first kappa shape index (κ1) is 21.3. The van der Waals surface area contributed by atoms with Gasteiger partial charge in [-0.1, -0.05) is 71.9 Å². The lowest BCUT2D eigenvalue weighted by Gasteiger charge is -2.42. The van der Waals surface area contributed by atoms with Crippen LogP contribution in [0.4, 0.5) is 0 Å². The quantitative estimate of drug-likeness (QED) is 0.467. The second-order valence-electron chi connectivity index (χ2n) is 9.30. The number of fused-ring (bicyclic) bond motifs is 3. The Balaban J connectivity index is 1.92. The summed E-state index contributed by atoms with van der Waals surface area (Å²) in [7, 11) is -1.85. The minimum atomic E-state index is -1.85. The molecule has 0 aromatic heterocycles. The number of carbonyl (C=O) groups excluding carboxylic acids is 1. The molecule has 0 unspecified atom stereocenters. The van der Waals surface area contributed by atoms with Crippen LogP contribution in [0.1, 0.15) is 75.9 Å². The van der Waals surface area contributed by atoms with Crippen LogP contribution in [0.5, 0.6) is 0 Å². The fraction of sp³-hybridized carbons (Fsp3) is 0.560. The first-order chi connectivity index (χ1) is 13.3. The lowest BCUT2D eigenvalue weighted by Crippen LogP contribution is -2.48. The Morgan fingerprint density at radius 3 is 2.25 bits per heavy atom. The Labute approximate surface area is 171 Å². The molecule has 1 aliphatic carbocycles. The third-order valence-corrected chi connectivity index (χ3v) is 12.9. The van der Waals surface area contributed by atoms with E-state index >= 15 is 0 Å². The molecule has 0 atom stereocenters. The van der Waals surface area contributed by atoms with Gasteiger partial charge in [0.25, 0.3) is 0 Å². The van der Waals surface area contributed by atoms with Crippen LogP contribution in [-0.4, -0.2) is 20.7 Å². The van der Waals surface area contributed by atoms with Gasteiger partial charge in [0.15, 0.2) is 14.1 Å². The zero-order valence-corrected chi connectivity index (χ0v) is 19.5. The average molecular weight is 397 g/mol. The molecule has 0 saturated carbocycles. The molecule has 0 radical (unpaired) electrons. The number of benzene rings is 2. The number of ketones is 1. The van der Waals surface area contributed by atoms with Gasteiger partial charge in [-0.3, -0.25) is 4.79 Å². The van der Waals surface area contributed by atoms with E-state index in [2.05, 4.69) is 65.8 Å². The topological polar surface area (TPSA) is 26.3 Å². The predicted molar refractivity (Wildman–Crippen MR) is 122 cm³/mol. The number of hydrogen-bond donors (Lipinski definition) is 0.